The number of morpholine rings is 1. The minimum Gasteiger partial charge on any atom is -0.379 e. The summed E-state index contributed by atoms with van der Waals surface area (Å²) in [6.07, 6.45) is 0.879. The highest BCUT2D eigenvalue weighted by Crippen LogP contribution is 2.29. The van der Waals surface area contributed by atoms with Gasteiger partial charge in [0.25, 0.3) is 5.91 Å². The van der Waals surface area contributed by atoms with Gasteiger partial charge in [-0.1, -0.05) is 13.0 Å². The number of hydrogen-bond donors (Lipinski definition) is 2. The summed E-state index contributed by atoms with van der Waals surface area (Å²) in [6.45, 7) is 7.67. The lowest BCUT2D eigenvalue weighted by Crippen LogP contribution is -2.43. The summed E-state index contributed by atoms with van der Waals surface area (Å²) in [4.78, 5) is 23.3. The molecule has 2 N–H and O–H groups in total. The molecule has 0 unspecified atom stereocenters. The highest BCUT2D eigenvalue weighted by atomic mass is 19.1. The van der Waals surface area contributed by atoms with Crippen LogP contribution >= 0.6 is 0 Å². The minimum atomic E-state index is -0.749. The standard InChI is InChI=1S/C21H26F2N6O2/c1-2-6-29(8-7-28-9-11-31-12-10-28)27-20-18-16(13-24-21(18)30)25-19(26-20)17-14(22)4-3-5-15(17)23/h3-5H,2,6-13H2,1H3,(H,24,30)(H,25,26,27). The third-order valence-electron chi connectivity index (χ3n) is 5.36. The van der Waals surface area contributed by atoms with Crippen LogP contribution in [-0.2, 0) is 11.3 Å². The van der Waals surface area contributed by atoms with E-state index in [1.165, 1.54) is 6.07 Å². The molecule has 1 aromatic carbocycles. The summed E-state index contributed by atoms with van der Waals surface area (Å²) >= 11 is 0. The van der Waals surface area contributed by atoms with Crippen LogP contribution < -0.4 is 10.7 Å². The van der Waals surface area contributed by atoms with E-state index in [4.69, 9.17) is 4.74 Å². The number of hydrogen-bond acceptors (Lipinski definition) is 7. The zero-order valence-electron chi connectivity index (χ0n) is 17.5. The van der Waals surface area contributed by atoms with Crippen LogP contribution in [-0.4, -0.2) is 71.7 Å². The number of hydrazine groups is 1. The van der Waals surface area contributed by atoms with Crippen LogP contribution in [0, 0.1) is 11.6 Å². The van der Waals surface area contributed by atoms with E-state index in [0.717, 1.165) is 51.4 Å². The monoisotopic (exact) mass is 432 g/mol. The zero-order chi connectivity index (χ0) is 21.8. The summed E-state index contributed by atoms with van der Waals surface area (Å²) in [5, 5.41) is 4.69. The van der Waals surface area contributed by atoms with Crippen molar-refractivity contribution < 1.29 is 18.3 Å². The first-order chi connectivity index (χ1) is 15.1. The molecule has 8 nitrogen and oxygen atoms in total. The second-order valence-corrected chi connectivity index (χ2v) is 7.55. The van der Waals surface area contributed by atoms with Crippen LogP contribution in [0.1, 0.15) is 29.4 Å². The summed E-state index contributed by atoms with van der Waals surface area (Å²) in [5.74, 6) is -1.63. The summed E-state index contributed by atoms with van der Waals surface area (Å²) < 4.78 is 34.1. The Labute approximate surface area is 179 Å². The molecule has 0 atom stereocenters. The molecular formula is C21H26F2N6O2. The highest BCUT2D eigenvalue weighted by Gasteiger charge is 2.29. The minimum absolute atomic E-state index is 0.0852. The highest BCUT2D eigenvalue weighted by molar-refractivity contribution is 6.02. The van der Waals surface area contributed by atoms with Crippen molar-refractivity contribution in [2.45, 2.75) is 19.9 Å². The number of fused-ring (bicyclic) bond motifs is 1. The van der Waals surface area contributed by atoms with Crippen molar-refractivity contribution in [1.82, 2.24) is 25.2 Å². The molecule has 0 saturated carbocycles. The van der Waals surface area contributed by atoms with Gasteiger partial charge in [-0.15, -0.1) is 0 Å². The molecule has 166 valence electrons. The maximum atomic E-state index is 14.4. The molecule has 1 amide bonds. The average molecular weight is 432 g/mol. The van der Waals surface area contributed by atoms with Gasteiger partial charge in [-0.25, -0.2) is 23.8 Å². The number of rotatable bonds is 8. The number of carbonyl (C=O) groups excluding carboxylic acids is 1. The number of aromatic nitrogens is 2. The van der Waals surface area contributed by atoms with E-state index in [0.29, 0.717) is 24.3 Å². The van der Waals surface area contributed by atoms with E-state index in [2.05, 4.69) is 32.5 Å². The van der Waals surface area contributed by atoms with Gasteiger partial charge < -0.3 is 15.5 Å². The summed E-state index contributed by atoms with van der Waals surface area (Å²) in [7, 11) is 0. The Morgan fingerprint density at radius 3 is 2.61 bits per heavy atom. The van der Waals surface area contributed by atoms with E-state index >= 15 is 0 Å². The van der Waals surface area contributed by atoms with E-state index in [1.54, 1.807) is 0 Å². The van der Waals surface area contributed by atoms with Gasteiger partial charge in [0.15, 0.2) is 11.6 Å². The van der Waals surface area contributed by atoms with Crippen molar-refractivity contribution >= 4 is 11.7 Å². The Hall–Kier alpha value is -2.69. The Kier molecular flexibility index (Phi) is 6.69. The lowest BCUT2D eigenvalue weighted by Gasteiger charge is -2.30. The molecule has 1 fully saturated rings. The van der Waals surface area contributed by atoms with Gasteiger partial charge >= 0.3 is 0 Å². The Morgan fingerprint density at radius 2 is 1.90 bits per heavy atom. The van der Waals surface area contributed by atoms with E-state index in [-0.39, 0.29) is 29.7 Å². The molecule has 3 heterocycles. The number of anilines is 1. The molecule has 10 heteroatoms. The number of carbonyl (C=O) groups is 1. The third kappa shape index (κ3) is 4.81. The van der Waals surface area contributed by atoms with Crippen molar-refractivity contribution in [1.29, 1.82) is 0 Å². The number of amides is 1. The summed E-state index contributed by atoms with van der Waals surface area (Å²) in [5.41, 5.74) is 3.65. The molecule has 1 aromatic heterocycles. The fourth-order valence-electron chi connectivity index (χ4n) is 3.76. The third-order valence-corrected chi connectivity index (χ3v) is 5.36. The first kappa shape index (κ1) is 21.5. The maximum Gasteiger partial charge on any atom is 0.257 e. The molecule has 0 radical (unpaired) electrons. The molecule has 4 rings (SSSR count). The van der Waals surface area contributed by atoms with E-state index < -0.39 is 11.6 Å². The van der Waals surface area contributed by atoms with Crippen molar-refractivity contribution in [3.05, 3.63) is 41.1 Å². The fourth-order valence-corrected chi connectivity index (χ4v) is 3.76. The van der Waals surface area contributed by atoms with Gasteiger partial charge in [-0.3, -0.25) is 9.69 Å². The normalized spacial score (nSPS) is 16.5. The van der Waals surface area contributed by atoms with Crippen molar-refractivity contribution in [2.24, 2.45) is 0 Å². The molecule has 0 bridgehead atoms. The van der Waals surface area contributed by atoms with Crippen LogP contribution in [0.4, 0.5) is 14.6 Å². The first-order valence-electron chi connectivity index (χ1n) is 10.5. The van der Waals surface area contributed by atoms with Crippen molar-refractivity contribution in [3.63, 3.8) is 0 Å². The van der Waals surface area contributed by atoms with Gasteiger partial charge in [0.1, 0.15) is 17.2 Å². The number of nitrogens with zero attached hydrogens (tertiary/aromatic N) is 4. The Morgan fingerprint density at radius 1 is 1.16 bits per heavy atom. The Bertz CT molecular complexity index is 931. The topological polar surface area (TPSA) is 82.6 Å². The largest absolute Gasteiger partial charge is 0.379 e. The lowest BCUT2D eigenvalue weighted by molar-refractivity contribution is 0.0344. The zero-order valence-corrected chi connectivity index (χ0v) is 17.5. The predicted molar refractivity (Wildman–Crippen MR) is 111 cm³/mol. The lowest BCUT2D eigenvalue weighted by atomic mass is 10.1. The average Bonchev–Trinajstić information content (AvgIpc) is 3.14. The van der Waals surface area contributed by atoms with E-state index in [9.17, 15) is 13.6 Å². The van der Waals surface area contributed by atoms with Crippen LogP contribution in [0.15, 0.2) is 18.2 Å². The molecule has 31 heavy (non-hydrogen) atoms. The second kappa shape index (κ2) is 9.63. The van der Waals surface area contributed by atoms with Crippen LogP contribution in [0.3, 0.4) is 0 Å². The van der Waals surface area contributed by atoms with Gasteiger partial charge in [-0.2, -0.15) is 0 Å². The molecule has 2 aliphatic rings. The van der Waals surface area contributed by atoms with E-state index in [1.807, 2.05) is 5.01 Å². The quantitative estimate of drug-likeness (QED) is 0.618. The smallest absolute Gasteiger partial charge is 0.257 e. The van der Waals surface area contributed by atoms with Gasteiger partial charge in [0, 0.05) is 32.7 Å². The summed E-state index contributed by atoms with van der Waals surface area (Å²) in [6, 6.07) is 3.62. The number of nitrogens with one attached hydrogen (secondary N) is 2. The molecule has 0 spiro atoms. The van der Waals surface area contributed by atoms with Crippen molar-refractivity contribution in [2.75, 3.05) is 51.4 Å². The van der Waals surface area contributed by atoms with Crippen LogP contribution in [0.5, 0.6) is 0 Å². The molecule has 0 aliphatic carbocycles. The van der Waals surface area contributed by atoms with Gasteiger partial charge in [0.2, 0.25) is 0 Å². The molecule has 2 aliphatic heterocycles. The number of ether oxygens (including phenoxy) is 1. The fraction of sp³-hybridized carbons (Fsp3) is 0.476. The van der Waals surface area contributed by atoms with Crippen LogP contribution in [0.25, 0.3) is 11.4 Å². The number of halogens is 2. The predicted octanol–water partition coefficient (Wildman–Crippen LogP) is 2.04. The molecule has 1 saturated heterocycles. The maximum absolute atomic E-state index is 14.4. The molecular weight excluding hydrogens is 406 g/mol. The van der Waals surface area contributed by atoms with Crippen LogP contribution in [0.2, 0.25) is 0 Å². The van der Waals surface area contributed by atoms with Gasteiger partial charge in [-0.05, 0) is 18.6 Å². The first-order valence-corrected chi connectivity index (χ1v) is 10.5. The second-order valence-electron chi connectivity index (χ2n) is 7.55. The SMILES string of the molecule is CCCN(CCN1CCOCC1)Nc1nc(-c2c(F)cccc2F)nc2c1C(=O)NC2. The number of benzene rings is 1. The Balaban J connectivity index is 1.62. The van der Waals surface area contributed by atoms with Crippen molar-refractivity contribution in [3.8, 4) is 11.4 Å². The van der Waals surface area contributed by atoms with Gasteiger partial charge in [0.05, 0.1) is 31.0 Å². The molecule has 2 aromatic rings.